The molecule has 0 saturated heterocycles. The molecular formula is C16H16BNO3. The van der Waals surface area contributed by atoms with E-state index in [1.165, 1.54) is 5.56 Å². The molecule has 1 aliphatic heterocycles. The largest absolute Gasteiger partial charge is 0.491 e. The third kappa shape index (κ3) is 3.15. The van der Waals surface area contributed by atoms with Gasteiger partial charge < -0.3 is 15.0 Å². The van der Waals surface area contributed by atoms with Crippen LogP contribution in [0.5, 0.6) is 0 Å². The lowest BCUT2D eigenvalue weighted by Crippen LogP contribution is -2.31. The molecule has 3 rings (SSSR count). The van der Waals surface area contributed by atoms with Crippen molar-refractivity contribution in [3.05, 3.63) is 65.2 Å². The Balaban J connectivity index is 1.60. The molecule has 1 heterocycles. The van der Waals surface area contributed by atoms with Crippen molar-refractivity contribution in [3.63, 3.8) is 0 Å². The second-order valence-electron chi connectivity index (χ2n) is 5.07. The number of amides is 1. The summed E-state index contributed by atoms with van der Waals surface area (Å²) in [6, 6.07) is 15.3. The highest BCUT2D eigenvalue weighted by Gasteiger charge is 2.27. The first kappa shape index (κ1) is 13.9. The van der Waals surface area contributed by atoms with Crippen LogP contribution in [0.2, 0.25) is 0 Å². The van der Waals surface area contributed by atoms with Crippen LogP contribution in [0.1, 0.15) is 21.5 Å². The van der Waals surface area contributed by atoms with E-state index >= 15 is 0 Å². The first-order valence-electron chi connectivity index (χ1n) is 6.98. The third-order valence-corrected chi connectivity index (χ3v) is 3.61. The monoisotopic (exact) mass is 281 g/mol. The number of carbonyl (C=O) groups excluding carboxylic acids is 1. The quantitative estimate of drug-likeness (QED) is 0.818. The Bertz CT molecular complexity index is 645. The fraction of sp³-hybridized carbons (Fsp3) is 0.188. The summed E-state index contributed by atoms with van der Waals surface area (Å²) in [7, 11) is -0.919. The van der Waals surface area contributed by atoms with Crippen molar-refractivity contribution in [2.75, 3.05) is 6.54 Å². The Morgan fingerprint density at radius 3 is 2.86 bits per heavy atom. The van der Waals surface area contributed by atoms with E-state index < -0.39 is 7.12 Å². The lowest BCUT2D eigenvalue weighted by atomic mass is 9.79. The maximum Gasteiger partial charge on any atom is 0.491 e. The van der Waals surface area contributed by atoms with Gasteiger partial charge in [-0.1, -0.05) is 36.4 Å². The Morgan fingerprint density at radius 2 is 2.05 bits per heavy atom. The number of nitrogens with one attached hydrogen (secondary N) is 1. The number of benzene rings is 2. The molecule has 0 aromatic heterocycles. The average Bonchev–Trinajstić information content (AvgIpc) is 2.89. The highest BCUT2D eigenvalue weighted by Crippen LogP contribution is 2.11. The molecule has 1 amide bonds. The topological polar surface area (TPSA) is 58.6 Å². The van der Waals surface area contributed by atoms with Crippen molar-refractivity contribution in [2.45, 2.75) is 13.0 Å². The summed E-state index contributed by atoms with van der Waals surface area (Å²) in [5.74, 6) is -0.132. The molecule has 21 heavy (non-hydrogen) atoms. The molecule has 0 atom stereocenters. The average molecular weight is 281 g/mol. The van der Waals surface area contributed by atoms with Crippen molar-refractivity contribution in [1.82, 2.24) is 5.32 Å². The van der Waals surface area contributed by atoms with Gasteiger partial charge in [0.25, 0.3) is 5.91 Å². The van der Waals surface area contributed by atoms with Crippen molar-refractivity contribution in [3.8, 4) is 0 Å². The zero-order valence-corrected chi connectivity index (χ0v) is 11.6. The van der Waals surface area contributed by atoms with Gasteiger partial charge in [-0.2, -0.15) is 0 Å². The van der Waals surface area contributed by atoms with Crippen LogP contribution in [0, 0.1) is 0 Å². The summed E-state index contributed by atoms with van der Waals surface area (Å²) >= 11 is 0. The molecule has 1 aliphatic rings. The number of fused-ring (bicyclic) bond motifs is 1. The molecule has 0 unspecified atom stereocenters. The van der Waals surface area contributed by atoms with Crippen LogP contribution in [-0.4, -0.2) is 24.6 Å². The van der Waals surface area contributed by atoms with E-state index in [0.29, 0.717) is 24.2 Å². The van der Waals surface area contributed by atoms with Crippen LogP contribution in [0.3, 0.4) is 0 Å². The SMILES string of the molecule is O=C(NCCc1ccccc1)c1ccc2c(c1)B(O)OC2. The normalized spacial score (nSPS) is 13.1. The van der Waals surface area contributed by atoms with Crippen LogP contribution < -0.4 is 10.8 Å². The van der Waals surface area contributed by atoms with Gasteiger partial charge in [0.2, 0.25) is 0 Å². The van der Waals surface area contributed by atoms with Crippen molar-refractivity contribution in [2.24, 2.45) is 0 Å². The summed E-state index contributed by atoms with van der Waals surface area (Å²) in [6.45, 7) is 0.978. The summed E-state index contributed by atoms with van der Waals surface area (Å²) < 4.78 is 5.12. The minimum absolute atomic E-state index is 0.132. The van der Waals surface area contributed by atoms with Gasteiger partial charge in [0, 0.05) is 12.1 Å². The standard InChI is InChI=1S/C16H16BNO3/c19-16(18-9-8-12-4-2-1-3-5-12)13-6-7-14-11-21-17(20)15(14)10-13/h1-7,10,20H,8-9,11H2,(H,18,19). The predicted octanol–water partition coefficient (Wildman–Crippen LogP) is 0.877. The molecule has 0 aliphatic carbocycles. The molecule has 0 fully saturated rings. The van der Waals surface area contributed by atoms with Gasteiger partial charge in [0.05, 0.1) is 6.61 Å². The molecule has 106 valence electrons. The molecular weight excluding hydrogens is 265 g/mol. The molecule has 0 bridgehead atoms. The molecule has 2 aromatic carbocycles. The molecule has 0 spiro atoms. The lowest BCUT2D eigenvalue weighted by molar-refractivity contribution is 0.0954. The van der Waals surface area contributed by atoms with Gasteiger partial charge in [-0.05, 0) is 35.1 Å². The summed E-state index contributed by atoms with van der Waals surface area (Å²) in [5.41, 5.74) is 3.36. The van der Waals surface area contributed by atoms with E-state index in [9.17, 15) is 9.82 Å². The van der Waals surface area contributed by atoms with Crippen LogP contribution in [0.25, 0.3) is 0 Å². The Hall–Kier alpha value is -2.11. The van der Waals surface area contributed by atoms with E-state index in [1.807, 2.05) is 36.4 Å². The zero-order valence-electron chi connectivity index (χ0n) is 11.6. The minimum atomic E-state index is -0.919. The number of hydrogen-bond donors (Lipinski definition) is 2. The Labute approximate surface area is 123 Å². The van der Waals surface area contributed by atoms with E-state index in [-0.39, 0.29) is 5.91 Å². The molecule has 2 aromatic rings. The second-order valence-corrected chi connectivity index (χ2v) is 5.07. The molecule has 0 saturated carbocycles. The van der Waals surface area contributed by atoms with E-state index in [2.05, 4.69) is 5.32 Å². The van der Waals surface area contributed by atoms with Crippen LogP contribution in [0.4, 0.5) is 0 Å². The van der Waals surface area contributed by atoms with Gasteiger partial charge in [-0.3, -0.25) is 4.79 Å². The maximum absolute atomic E-state index is 12.1. The van der Waals surface area contributed by atoms with E-state index in [1.54, 1.807) is 12.1 Å². The predicted molar refractivity (Wildman–Crippen MR) is 81.3 cm³/mol. The summed E-state index contributed by atoms with van der Waals surface area (Å²) in [6.07, 6.45) is 0.795. The van der Waals surface area contributed by atoms with Gasteiger partial charge in [0.1, 0.15) is 0 Å². The second kappa shape index (κ2) is 6.12. The van der Waals surface area contributed by atoms with E-state index in [4.69, 9.17) is 4.65 Å². The van der Waals surface area contributed by atoms with Gasteiger partial charge in [0.15, 0.2) is 0 Å². The van der Waals surface area contributed by atoms with Crippen molar-refractivity contribution < 1.29 is 14.5 Å². The fourth-order valence-electron chi connectivity index (χ4n) is 2.42. The highest BCUT2D eigenvalue weighted by atomic mass is 16.5. The smallest absolute Gasteiger partial charge is 0.423 e. The van der Waals surface area contributed by atoms with Gasteiger partial charge >= 0.3 is 7.12 Å². The fourth-order valence-corrected chi connectivity index (χ4v) is 2.42. The van der Waals surface area contributed by atoms with Gasteiger partial charge in [-0.15, -0.1) is 0 Å². The highest BCUT2D eigenvalue weighted by molar-refractivity contribution is 6.61. The molecule has 5 heteroatoms. The molecule has 2 N–H and O–H groups in total. The lowest BCUT2D eigenvalue weighted by Gasteiger charge is -2.07. The van der Waals surface area contributed by atoms with Crippen LogP contribution in [-0.2, 0) is 17.7 Å². The maximum atomic E-state index is 12.1. The van der Waals surface area contributed by atoms with Crippen molar-refractivity contribution in [1.29, 1.82) is 0 Å². The Kier molecular flexibility index (Phi) is 4.04. The van der Waals surface area contributed by atoms with E-state index in [0.717, 1.165) is 12.0 Å². The summed E-state index contributed by atoms with van der Waals surface area (Å²) in [5, 5.41) is 12.6. The first-order chi connectivity index (χ1) is 10.2. The van der Waals surface area contributed by atoms with Crippen LogP contribution >= 0.6 is 0 Å². The number of carbonyl (C=O) groups is 1. The molecule has 4 nitrogen and oxygen atoms in total. The van der Waals surface area contributed by atoms with Crippen LogP contribution in [0.15, 0.2) is 48.5 Å². The van der Waals surface area contributed by atoms with Gasteiger partial charge in [-0.25, -0.2) is 0 Å². The first-order valence-corrected chi connectivity index (χ1v) is 6.98. The number of hydrogen-bond acceptors (Lipinski definition) is 3. The zero-order chi connectivity index (χ0) is 14.7. The third-order valence-electron chi connectivity index (χ3n) is 3.61. The minimum Gasteiger partial charge on any atom is -0.423 e. The summed E-state index contributed by atoms with van der Waals surface area (Å²) in [4.78, 5) is 12.1. The Morgan fingerprint density at radius 1 is 1.24 bits per heavy atom. The molecule has 0 radical (unpaired) electrons. The van der Waals surface area contributed by atoms with Crippen molar-refractivity contribution >= 4 is 18.5 Å². The number of rotatable bonds is 4.